The molecule has 1 saturated carbocycles. The van der Waals surface area contributed by atoms with Crippen molar-refractivity contribution in [2.24, 2.45) is 0 Å². The molecule has 3 nitrogen and oxygen atoms in total. The molecule has 106 valence electrons. The molecular weight excluding hydrogens is 252 g/mol. The molecule has 1 fully saturated rings. The van der Waals surface area contributed by atoms with E-state index in [1.165, 1.54) is 12.8 Å². The van der Waals surface area contributed by atoms with Crippen LogP contribution in [0.4, 0.5) is 0 Å². The van der Waals surface area contributed by atoms with E-state index < -0.39 is 0 Å². The second-order valence-corrected chi connectivity index (χ2v) is 5.12. The molecule has 0 atom stereocenters. The lowest BCUT2D eigenvalue weighted by molar-refractivity contribution is -0.148. The van der Waals surface area contributed by atoms with Crippen LogP contribution < -0.4 is 0 Å². The first-order valence-electron chi connectivity index (χ1n) is 7.19. The zero-order valence-corrected chi connectivity index (χ0v) is 11.6. The zero-order chi connectivity index (χ0) is 14.2. The fourth-order valence-electron chi connectivity index (χ4n) is 2.36. The van der Waals surface area contributed by atoms with E-state index in [4.69, 9.17) is 4.74 Å². The second kappa shape index (κ2) is 7.63. The number of benzene rings is 1. The molecule has 0 heterocycles. The largest absolute Gasteiger partial charge is 0.462 e. The van der Waals surface area contributed by atoms with Gasteiger partial charge in [-0.3, -0.25) is 9.59 Å². The Kier molecular flexibility index (Phi) is 5.54. The van der Waals surface area contributed by atoms with Crippen molar-refractivity contribution >= 4 is 18.3 Å². The van der Waals surface area contributed by atoms with Gasteiger partial charge in [0.25, 0.3) is 0 Å². The lowest BCUT2D eigenvalue weighted by Gasteiger charge is -2.10. The van der Waals surface area contributed by atoms with Crippen LogP contribution in [-0.2, 0) is 9.53 Å². The summed E-state index contributed by atoms with van der Waals surface area (Å²) in [6.45, 7) is 0. The van der Waals surface area contributed by atoms with E-state index in [9.17, 15) is 9.59 Å². The van der Waals surface area contributed by atoms with Crippen LogP contribution in [0.15, 0.2) is 30.3 Å². The van der Waals surface area contributed by atoms with Gasteiger partial charge < -0.3 is 4.74 Å². The number of ether oxygens (including phenoxy) is 1. The highest BCUT2D eigenvalue weighted by atomic mass is 16.5. The van der Waals surface area contributed by atoms with E-state index in [0.717, 1.165) is 24.7 Å². The predicted octanol–water partition coefficient (Wildman–Crippen LogP) is 3.78. The van der Waals surface area contributed by atoms with Crippen molar-refractivity contribution in [3.63, 3.8) is 0 Å². The van der Waals surface area contributed by atoms with Crippen LogP contribution in [0.1, 0.15) is 54.4 Å². The fourth-order valence-corrected chi connectivity index (χ4v) is 2.36. The monoisotopic (exact) mass is 272 g/mol. The van der Waals surface area contributed by atoms with E-state index in [-0.39, 0.29) is 12.1 Å². The average molecular weight is 272 g/mol. The van der Waals surface area contributed by atoms with E-state index >= 15 is 0 Å². The van der Waals surface area contributed by atoms with Crippen molar-refractivity contribution < 1.29 is 14.3 Å². The molecule has 0 spiro atoms. The summed E-state index contributed by atoms with van der Waals surface area (Å²) in [5, 5.41) is 0. The van der Waals surface area contributed by atoms with Crippen molar-refractivity contribution in [2.75, 3.05) is 0 Å². The number of carbonyl (C=O) groups is 2. The Morgan fingerprint density at radius 3 is 2.45 bits per heavy atom. The topological polar surface area (TPSA) is 43.4 Å². The molecule has 1 aromatic rings. The minimum atomic E-state index is -0.0992. The van der Waals surface area contributed by atoms with Crippen LogP contribution in [0.25, 0.3) is 6.08 Å². The maximum atomic E-state index is 11.6. The van der Waals surface area contributed by atoms with Crippen LogP contribution in [0.2, 0.25) is 0 Å². The maximum absolute atomic E-state index is 11.6. The normalized spacial score (nSPS) is 15.6. The summed E-state index contributed by atoms with van der Waals surface area (Å²) in [5.41, 5.74) is 1.70. The van der Waals surface area contributed by atoms with Crippen molar-refractivity contribution in [2.45, 2.75) is 44.6 Å². The Hall–Kier alpha value is -1.90. The minimum absolute atomic E-state index is 0.0992. The first kappa shape index (κ1) is 14.5. The van der Waals surface area contributed by atoms with Gasteiger partial charge in [-0.15, -0.1) is 0 Å². The van der Waals surface area contributed by atoms with Gasteiger partial charge in [0.1, 0.15) is 12.4 Å². The molecular formula is C17H20O3. The lowest BCUT2D eigenvalue weighted by Crippen LogP contribution is -2.13. The standard InChI is InChI=1S/C17H20O3/c18-13-15-11-9-14(10-12-15)5-1-4-8-17(19)20-16-6-2-3-7-16/h1,5,9-13,16H,2-4,6-8H2/b5-1+. The van der Waals surface area contributed by atoms with E-state index in [2.05, 4.69) is 0 Å². The summed E-state index contributed by atoms with van der Waals surface area (Å²) in [6, 6.07) is 7.33. The predicted molar refractivity (Wildman–Crippen MR) is 78.4 cm³/mol. The third-order valence-corrected chi connectivity index (χ3v) is 3.50. The highest BCUT2D eigenvalue weighted by molar-refractivity contribution is 5.75. The highest BCUT2D eigenvalue weighted by Gasteiger charge is 2.18. The second-order valence-electron chi connectivity index (χ2n) is 5.12. The molecule has 1 aliphatic carbocycles. The molecule has 0 radical (unpaired) electrons. The van der Waals surface area contributed by atoms with Gasteiger partial charge >= 0.3 is 5.97 Å². The average Bonchev–Trinajstić information content (AvgIpc) is 2.97. The number of esters is 1. The van der Waals surface area contributed by atoms with Gasteiger partial charge in [0.15, 0.2) is 0 Å². The molecule has 0 N–H and O–H groups in total. The molecule has 0 unspecified atom stereocenters. The molecule has 20 heavy (non-hydrogen) atoms. The summed E-state index contributed by atoms with van der Waals surface area (Å²) >= 11 is 0. The summed E-state index contributed by atoms with van der Waals surface area (Å²) in [7, 11) is 0. The molecule has 3 heteroatoms. The first-order chi connectivity index (χ1) is 9.78. The number of hydrogen-bond donors (Lipinski definition) is 0. The van der Waals surface area contributed by atoms with Crippen molar-refractivity contribution in [3.8, 4) is 0 Å². The quantitative estimate of drug-likeness (QED) is 0.584. The third kappa shape index (κ3) is 4.65. The number of hydrogen-bond acceptors (Lipinski definition) is 3. The van der Waals surface area contributed by atoms with Crippen molar-refractivity contribution in [1.29, 1.82) is 0 Å². The smallest absolute Gasteiger partial charge is 0.306 e. The molecule has 0 amide bonds. The van der Waals surface area contributed by atoms with Gasteiger partial charge in [0.2, 0.25) is 0 Å². The van der Waals surface area contributed by atoms with E-state index in [1.807, 2.05) is 24.3 Å². The van der Waals surface area contributed by atoms with Gasteiger partial charge in [0.05, 0.1) is 0 Å². The van der Waals surface area contributed by atoms with Crippen LogP contribution in [0.3, 0.4) is 0 Å². The Balaban J connectivity index is 1.69. The third-order valence-electron chi connectivity index (χ3n) is 3.50. The number of aldehydes is 1. The van der Waals surface area contributed by atoms with E-state index in [1.54, 1.807) is 12.1 Å². The lowest BCUT2D eigenvalue weighted by atomic mass is 10.1. The minimum Gasteiger partial charge on any atom is -0.462 e. The Labute approximate surface area is 119 Å². The molecule has 0 saturated heterocycles. The molecule has 2 rings (SSSR count). The number of carbonyl (C=O) groups excluding carboxylic acids is 2. The maximum Gasteiger partial charge on any atom is 0.306 e. The van der Waals surface area contributed by atoms with Crippen LogP contribution in [0.5, 0.6) is 0 Å². The van der Waals surface area contributed by atoms with Gasteiger partial charge in [0, 0.05) is 12.0 Å². The molecule has 0 bridgehead atoms. The van der Waals surface area contributed by atoms with Gasteiger partial charge in [-0.25, -0.2) is 0 Å². The Morgan fingerprint density at radius 1 is 1.15 bits per heavy atom. The SMILES string of the molecule is O=Cc1ccc(/C=C/CCC(=O)OC2CCCC2)cc1. The molecule has 0 aromatic heterocycles. The van der Waals surface area contributed by atoms with Crippen LogP contribution in [0, 0.1) is 0 Å². The molecule has 0 aliphatic heterocycles. The number of rotatable bonds is 6. The van der Waals surface area contributed by atoms with Crippen LogP contribution in [-0.4, -0.2) is 18.4 Å². The summed E-state index contributed by atoms with van der Waals surface area (Å²) in [4.78, 5) is 22.1. The van der Waals surface area contributed by atoms with Gasteiger partial charge in [-0.2, -0.15) is 0 Å². The van der Waals surface area contributed by atoms with Crippen molar-refractivity contribution in [1.82, 2.24) is 0 Å². The van der Waals surface area contributed by atoms with E-state index in [0.29, 0.717) is 18.4 Å². The van der Waals surface area contributed by atoms with Crippen LogP contribution >= 0.6 is 0 Å². The summed E-state index contributed by atoms with van der Waals surface area (Å²) in [5.74, 6) is -0.0992. The highest BCUT2D eigenvalue weighted by Crippen LogP contribution is 2.21. The molecule has 1 aliphatic rings. The zero-order valence-electron chi connectivity index (χ0n) is 11.6. The number of allylic oxidation sites excluding steroid dienone is 1. The van der Waals surface area contributed by atoms with Gasteiger partial charge in [-0.05, 0) is 37.7 Å². The fraction of sp³-hybridized carbons (Fsp3) is 0.412. The Morgan fingerprint density at radius 2 is 1.80 bits per heavy atom. The Bertz CT molecular complexity index is 468. The summed E-state index contributed by atoms with van der Waals surface area (Å²) in [6.07, 6.45) is 10.4. The summed E-state index contributed by atoms with van der Waals surface area (Å²) < 4.78 is 5.38. The van der Waals surface area contributed by atoms with Crippen molar-refractivity contribution in [3.05, 3.63) is 41.5 Å². The molecule has 1 aromatic carbocycles. The van der Waals surface area contributed by atoms with Gasteiger partial charge in [-0.1, -0.05) is 36.4 Å². The first-order valence-corrected chi connectivity index (χ1v) is 7.19.